The van der Waals surface area contributed by atoms with Crippen LogP contribution in [0.25, 0.3) is 0 Å². The van der Waals surface area contributed by atoms with E-state index in [4.69, 9.17) is 5.73 Å². The van der Waals surface area contributed by atoms with Crippen LogP contribution < -0.4 is 10.6 Å². The number of carbonyl (C=O) groups is 1. The van der Waals surface area contributed by atoms with Crippen molar-refractivity contribution in [1.29, 1.82) is 0 Å². The van der Waals surface area contributed by atoms with Crippen LogP contribution in [0.1, 0.15) is 30.6 Å². The molecule has 0 aromatic heterocycles. The summed E-state index contributed by atoms with van der Waals surface area (Å²) in [4.78, 5) is 13.2. The van der Waals surface area contributed by atoms with Gasteiger partial charge in [0.1, 0.15) is 5.82 Å². The molecule has 1 fully saturated rings. The van der Waals surface area contributed by atoms with E-state index < -0.39 is 6.10 Å². The van der Waals surface area contributed by atoms with Gasteiger partial charge in [0, 0.05) is 24.3 Å². The van der Waals surface area contributed by atoms with Crippen molar-refractivity contribution in [2.45, 2.75) is 26.4 Å². The zero-order valence-corrected chi connectivity index (χ0v) is 11.2. The van der Waals surface area contributed by atoms with Crippen molar-refractivity contribution < 1.29 is 14.3 Å². The molecular formula is C14H19FN2O2. The zero-order valence-electron chi connectivity index (χ0n) is 11.2. The molecule has 0 aliphatic carbocycles. The molecule has 2 rings (SSSR count). The van der Waals surface area contributed by atoms with Gasteiger partial charge in [-0.2, -0.15) is 0 Å². The van der Waals surface area contributed by atoms with E-state index in [9.17, 15) is 14.3 Å². The maximum absolute atomic E-state index is 13.6. The molecule has 1 amide bonds. The summed E-state index contributed by atoms with van der Waals surface area (Å²) in [5, 5.41) is 9.77. The third-order valence-electron chi connectivity index (χ3n) is 3.69. The fraction of sp³-hybridized carbons (Fsp3) is 0.500. The molecule has 4 nitrogen and oxygen atoms in total. The first-order valence-corrected chi connectivity index (χ1v) is 6.42. The highest BCUT2D eigenvalue weighted by Gasteiger charge is 2.28. The lowest BCUT2D eigenvalue weighted by molar-refractivity contribution is -0.121. The number of aryl methyl sites for hydroxylation is 1. The average Bonchev–Trinajstić information content (AvgIpc) is 2.81. The number of halogens is 1. The molecule has 104 valence electrons. The number of benzene rings is 1. The van der Waals surface area contributed by atoms with Crippen molar-refractivity contribution in [3.8, 4) is 0 Å². The minimum Gasteiger partial charge on any atom is -0.389 e. The molecule has 2 atom stereocenters. The Morgan fingerprint density at radius 2 is 2.26 bits per heavy atom. The lowest BCUT2D eigenvalue weighted by atomic mass is 10.0. The van der Waals surface area contributed by atoms with Gasteiger partial charge in [-0.1, -0.05) is 0 Å². The fourth-order valence-electron chi connectivity index (χ4n) is 2.50. The number of amides is 1. The van der Waals surface area contributed by atoms with Gasteiger partial charge in [-0.15, -0.1) is 0 Å². The predicted molar refractivity (Wildman–Crippen MR) is 71.3 cm³/mol. The van der Waals surface area contributed by atoms with Gasteiger partial charge in [-0.3, -0.25) is 4.79 Å². The number of rotatable bonds is 3. The van der Waals surface area contributed by atoms with Gasteiger partial charge < -0.3 is 15.7 Å². The fourth-order valence-corrected chi connectivity index (χ4v) is 2.50. The largest absolute Gasteiger partial charge is 0.389 e. The Kier molecular flexibility index (Phi) is 3.75. The van der Waals surface area contributed by atoms with Crippen LogP contribution in [-0.2, 0) is 4.79 Å². The topological polar surface area (TPSA) is 66.6 Å². The molecule has 19 heavy (non-hydrogen) atoms. The summed E-state index contributed by atoms with van der Waals surface area (Å²) in [6, 6.07) is 3.09. The number of hydrogen-bond acceptors (Lipinski definition) is 3. The summed E-state index contributed by atoms with van der Waals surface area (Å²) in [7, 11) is 0. The maximum atomic E-state index is 13.6. The molecule has 1 unspecified atom stereocenters. The highest BCUT2D eigenvalue weighted by atomic mass is 19.1. The number of nitrogens with zero attached hydrogens (tertiary/aromatic N) is 1. The molecule has 0 saturated carbocycles. The van der Waals surface area contributed by atoms with E-state index in [1.807, 2.05) is 4.90 Å². The summed E-state index contributed by atoms with van der Waals surface area (Å²) in [5.74, 6) is -0.808. The van der Waals surface area contributed by atoms with Crippen molar-refractivity contribution in [2.24, 2.45) is 11.7 Å². The van der Waals surface area contributed by atoms with Crippen molar-refractivity contribution in [3.05, 3.63) is 29.1 Å². The highest BCUT2D eigenvalue weighted by Crippen LogP contribution is 2.32. The molecule has 5 heteroatoms. The Hall–Kier alpha value is -1.62. The average molecular weight is 266 g/mol. The second-order valence-electron chi connectivity index (χ2n) is 5.17. The Bertz CT molecular complexity index is 502. The lowest BCUT2D eigenvalue weighted by Gasteiger charge is -2.24. The first-order chi connectivity index (χ1) is 8.90. The SMILES string of the molecule is Cc1cc(N2CCC(C(N)=O)C2)c([C@H](C)O)cc1F. The van der Waals surface area contributed by atoms with Gasteiger partial charge in [0.15, 0.2) is 0 Å². The van der Waals surface area contributed by atoms with Gasteiger partial charge >= 0.3 is 0 Å². The Balaban J connectivity index is 2.34. The molecule has 1 heterocycles. The molecule has 0 spiro atoms. The third-order valence-corrected chi connectivity index (χ3v) is 3.69. The van der Waals surface area contributed by atoms with Gasteiger partial charge in [-0.05, 0) is 38.0 Å². The molecule has 0 radical (unpaired) electrons. The van der Waals surface area contributed by atoms with Crippen LogP contribution in [0.2, 0.25) is 0 Å². The number of primary amides is 1. The minimum atomic E-state index is -0.752. The lowest BCUT2D eigenvalue weighted by Crippen LogP contribution is -2.28. The smallest absolute Gasteiger partial charge is 0.222 e. The van der Waals surface area contributed by atoms with Crippen molar-refractivity contribution in [3.63, 3.8) is 0 Å². The van der Waals surface area contributed by atoms with E-state index >= 15 is 0 Å². The number of hydrogen-bond donors (Lipinski definition) is 2. The van der Waals surface area contributed by atoms with Crippen LogP contribution in [0.4, 0.5) is 10.1 Å². The van der Waals surface area contributed by atoms with E-state index in [2.05, 4.69) is 0 Å². The molecule has 0 bridgehead atoms. The number of anilines is 1. The van der Waals surface area contributed by atoms with E-state index in [0.29, 0.717) is 30.6 Å². The van der Waals surface area contributed by atoms with Crippen LogP contribution in [0.5, 0.6) is 0 Å². The van der Waals surface area contributed by atoms with Crippen LogP contribution in [0.15, 0.2) is 12.1 Å². The van der Waals surface area contributed by atoms with Crippen LogP contribution >= 0.6 is 0 Å². The first-order valence-electron chi connectivity index (χ1n) is 6.42. The number of aliphatic hydroxyl groups is 1. The van der Waals surface area contributed by atoms with E-state index in [0.717, 1.165) is 5.69 Å². The number of aliphatic hydroxyl groups excluding tert-OH is 1. The van der Waals surface area contributed by atoms with E-state index in [1.54, 1.807) is 19.9 Å². The summed E-state index contributed by atoms with van der Waals surface area (Å²) >= 11 is 0. The van der Waals surface area contributed by atoms with Gasteiger partial charge in [-0.25, -0.2) is 4.39 Å². The molecular weight excluding hydrogens is 247 g/mol. The molecule has 1 aliphatic rings. The van der Waals surface area contributed by atoms with Crippen LogP contribution in [-0.4, -0.2) is 24.1 Å². The van der Waals surface area contributed by atoms with Crippen LogP contribution in [0, 0.1) is 18.7 Å². The van der Waals surface area contributed by atoms with Crippen LogP contribution in [0.3, 0.4) is 0 Å². The molecule has 1 aromatic rings. The summed E-state index contributed by atoms with van der Waals surface area (Å²) in [6.45, 7) is 4.51. The van der Waals surface area contributed by atoms with Gasteiger partial charge in [0.25, 0.3) is 0 Å². The summed E-state index contributed by atoms with van der Waals surface area (Å²) < 4.78 is 13.6. The molecule has 1 aromatic carbocycles. The van der Waals surface area contributed by atoms with Gasteiger partial charge in [0.05, 0.1) is 12.0 Å². The first kappa shape index (κ1) is 13.8. The molecule has 1 saturated heterocycles. The molecule has 3 N–H and O–H groups in total. The predicted octanol–water partition coefficient (Wildman–Crippen LogP) is 1.50. The van der Waals surface area contributed by atoms with Crippen molar-refractivity contribution >= 4 is 11.6 Å². The number of nitrogens with two attached hydrogens (primary N) is 1. The molecule has 1 aliphatic heterocycles. The van der Waals surface area contributed by atoms with Crippen molar-refractivity contribution in [1.82, 2.24) is 0 Å². The summed E-state index contributed by atoms with van der Waals surface area (Å²) in [6.07, 6.45) is -0.0527. The Morgan fingerprint density at radius 1 is 1.58 bits per heavy atom. The second-order valence-corrected chi connectivity index (χ2v) is 5.17. The van der Waals surface area contributed by atoms with E-state index in [-0.39, 0.29) is 17.6 Å². The second kappa shape index (κ2) is 5.17. The van der Waals surface area contributed by atoms with Crippen molar-refractivity contribution in [2.75, 3.05) is 18.0 Å². The summed E-state index contributed by atoms with van der Waals surface area (Å²) in [5.41, 5.74) is 7.18. The maximum Gasteiger partial charge on any atom is 0.222 e. The highest BCUT2D eigenvalue weighted by molar-refractivity contribution is 5.78. The normalized spacial score (nSPS) is 20.6. The van der Waals surface area contributed by atoms with E-state index in [1.165, 1.54) is 6.07 Å². The monoisotopic (exact) mass is 266 g/mol. The minimum absolute atomic E-state index is 0.174. The zero-order chi connectivity index (χ0) is 14.2. The number of carbonyl (C=O) groups excluding carboxylic acids is 1. The standard InChI is InChI=1S/C14H19FN2O2/c1-8-5-13(11(9(2)18)6-12(8)15)17-4-3-10(7-17)14(16)19/h5-6,9-10,18H,3-4,7H2,1-2H3,(H2,16,19)/t9-,10?/m0/s1. The quantitative estimate of drug-likeness (QED) is 0.871. The Labute approximate surface area is 112 Å². The Morgan fingerprint density at radius 3 is 2.79 bits per heavy atom. The van der Waals surface area contributed by atoms with Gasteiger partial charge in [0.2, 0.25) is 5.91 Å². The third kappa shape index (κ3) is 2.71.